The third-order valence-corrected chi connectivity index (χ3v) is 0.866. The summed E-state index contributed by atoms with van der Waals surface area (Å²) in [5.74, 6) is 0. The highest BCUT2D eigenvalue weighted by Gasteiger charge is 2.07. The van der Waals surface area contributed by atoms with E-state index in [1.54, 1.807) is 7.11 Å². The van der Waals surface area contributed by atoms with Gasteiger partial charge in [0, 0.05) is 24.0 Å². The highest BCUT2D eigenvalue weighted by molar-refractivity contribution is 6.14. The maximum absolute atomic E-state index is 4.94. The van der Waals surface area contributed by atoms with Crippen LogP contribution < -0.4 is 0 Å². The highest BCUT2D eigenvalue weighted by atomic mass is 28.1. The minimum absolute atomic E-state index is 0.467. The Morgan fingerprint density at radius 3 is 2.00 bits per heavy atom. The van der Waals surface area contributed by atoms with Gasteiger partial charge in [-0.3, -0.25) is 0 Å². The van der Waals surface area contributed by atoms with Crippen LogP contribution in [0.4, 0.5) is 0 Å². The molecule has 0 amide bonds. The van der Waals surface area contributed by atoms with Gasteiger partial charge in [-0.25, -0.2) is 0 Å². The van der Waals surface area contributed by atoms with Crippen molar-refractivity contribution in [2.24, 2.45) is 0 Å². The Labute approximate surface area is 48.5 Å². The van der Waals surface area contributed by atoms with E-state index in [0.29, 0.717) is 5.04 Å². The molecule has 0 aliphatic rings. The van der Waals surface area contributed by atoms with Crippen molar-refractivity contribution in [2.75, 3.05) is 13.7 Å². The van der Waals surface area contributed by atoms with Gasteiger partial charge >= 0.3 is 0 Å². The monoisotopic (exact) mass is 118 g/mol. The van der Waals surface area contributed by atoms with Gasteiger partial charge in [0.25, 0.3) is 0 Å². The van der Waals surface area contributed by atoms with Crippen LogP contribution in [0.1, 0.15) is 13.8 Å². The molecule has 0 bridgehead atoms. The van der Waals surface area contributed by atoms with Crippen LogP contribution in [0.25, 0.3) is 0 Å². The number of rotatable bonds is 2. The van der Waals surface area contributed by atoms with Crippen LogP contribution in [0, 0.1) is 0 Å². The summed E-state index contributed by atoms with van der Waals surface area (Å²) in [6.07, 6.45) is 0. The Morgan fingerprint density at radius 1 is 1.57 bits per heavy atom. The second-order valence-electron chi connectivity index (χ2n) is 2.99. The molecule has 0 heterocycles. The van der Waals surface area contributed by atoms with Crippen molar-refractivity contribution in [3.63, 3.8) is 0 Å². The van der Waals surface area contributed by atoms with E-state index in [0.717, 1.165) is 6.61 Å². The standard InChI is InChI=1S/C5H14OSi/c1-5(2,7)4-6-3/h4H2,1-3,7H3. The zero-order valence-corrected chi connectivity index (χ0v) is 7.62. The number of hydrogen-bond donors (Lipinski definition) is 0. The van der Waals surface area contributed by atoms with Crippen molar-refractivity contribution in [2.45, 2.75) is 18.9 Å². The zero-order chi connectivity index (χ0) is 5.91. The van der Waals surface area contributed by atoms with E-state index in [1.807, 2.05) is 0 Å². The zero-order valence-electron chi connectivity index (χ0n) is 5.62. The molecule has 2 heteroatoms. The van der Waals surface area contributed by atoms with E-state index < -0.39 is 0 Å². The SMILES string of the molecule is COCC(C)(C)[SiH3]. The van der Waals surface area contributed by atoms with E-state index in [1.165, 1.54) is 10.2 Å². The van der Waals surface area contributed by atoms with Gasteiger partial charge in [-0.15, -0.1) is 0 Å². The summed E-state index contributed by atoms with van der Waals surface area (Å²) in [5.41, 5.74) is 0. The first kappa shape index (κ1) is 7.18. The molecule has 0 aliphatic heterocycles. The molecular weight excluding hydrogens is 104 g/mol. The molecule has 0 aliphatic carbocycles. The van der Waals surface area contributed by atoms with Crippen molar-refractivity contribution >= 4 is 10.2 Å². The maximum Gasteiger partial charge on any atom is 0.0480 e. The summed E-state index contributed by atoms with van der Waals surface area (Å²) >= 11 is 0. The number of hydrogen-bond acceptors (Lipinski definition) is 1. The Bertz CT molecular complexity index is 46.5. The molecule has 0 radical (unpaired) electrons. The first-order chi connectivity index (χ1) is 3.06. The van der Waals surface area contributed by atoms with E-state index >= 15 is 0 Å². The van der Waals surface area contributed by atoms with Crippen molar-refractivity contribution in [1.82, 2.24) is 0 Å². The minimum atomic E-state index is 0.467. The van der Waals surface area contributed by atoms with Gasteiger partial charge in [0.05, 0.1) is 0 Å². The molecule has 44 valence electrons. The van der Waals surface area contributed by atoms with Gasteiger partial charge in [-0.2, -0.15) is 0 Å². The lowest BCUT2D eigenvalue weighted by molar-refractivity contribution is 0.173. The molecule has 0 fully saturated rings. The van der Waals surface area contributed by atoms with Gasteiger partial charge in [-0.1, -0.05) is 13.8 Å². The van der Waals surface area contributed by atoms with Gasteiger partial charge in [-0.05, 0) is 5.04 Å². The summed E-state index contributed by atoms with van der Waals surface area (Å²) in [4.78, 5) is 0. The van der Waals surface area contributed by atoms with E-state index in [4.69, 9.17) is 4.74 Å². The number of ether oxygens (including phenoxy) is 1. The average Bonchev–Trinajstić information content (AvgIpc) is 1.30. The fraction of sp³-hybridized carbons (Fsp3) is 1.00. The molecule has 0 unspecified atom stereocenters. The van der Waals surface area contributed by atoms with Crippen molar-refractivity contribution in [3.8, 4) is 0 Å². The molecular formula is C5H14OSi. The summed E-state index contributed by atoms with van der Waals surface area (Å²) in [7, 11) is 2.96. The van der Waals surface area contributed by atoms with Crippen molar-refractivity contribution < 1.29 is 4.74 Å². The Kier molecular flexibility index (Phi) is 2.54. The fourth-order valence-electron chi connectivity index (χ4n) is 0.433. The van der Waals surface area contributed by atoms with Crippen LogP contribution in [0.3, 0.4) is 0 Å². The van der Waals surface area contributed by atoms with Crippen LogP contribution in [-0.2, 0) is 4.74 Å². The molecule has 0 rings (SSSR count). The Balaban J connectivity index is 3.15. The van der Waals surface area contributed by atoms with Crippen LogP contribution in [0.15, 0.2) is 0 Å². The molecule has 0 N–H and O–H groups in total. The van der Waals surface area contributed by atoms with Gasteiger partial charge in [0.1, 0.15) is 0 Å². The van der Waals surface area contributed by atoms with E-state index in [9.17, 15) is 0 Å². The van der Waals surface area contributed by atoms with Gasteiger partial charge in [0.15, 0.2) is 0 Å². The van der Waals surface area contributed by atoms with Crippen LogP contribution in [0.2, 0.25) is 5.04 Å². The molecule has 7 heavy (non-hydrogen) atoms. The third-order valence-electron chi connectivity index (χ3n) is 0.577. The second kappa shape index (κ2) is 2.48. The summed E-state index contributed by atoms with van der Waals surface area (Å²) in [6.45, 7) is 5.32. The minimum Gasteiger partial charge on any atom is -0.384 e. The quantitative estimate of drug-likeness (QED) is 0.471. The first-order valence-electron chi connectivity index (χ1n) is 2.55. The van der Waals surface area contributed by atoms with E-state index in [-0.39, 0.29) is 0 Å². The predicted octanol–water partition coefficient (Wildman–Crippen LogP) is 0.197. The lowest BCUT2D eigenvalue weighted by atomic mass is 10.2. The summed E-state index contributed by atoms with van der Waals surface area (Å²) in [5, 5.41) is 0.467. The molecule has 0 spiro atoms. The summed E-state index contributed by atoms with van der Waals surface area (Å²) in [6, 6.07) is 0. The molecule has 0 saturated heterocycles. The lowest BCUT2D eigenvalue weighted by Gasteiger charge is -2.15. The molecule has 0 aromatic carbocycles. The molecule has 1 nitrogen and oxygen atoms in total. The Hall–Kier alpha value is 0.177. The largest absolute Gasteiger partial charge is 0.384 e. The van der Waals surface area contributed by atoms with Crippen molar-refractivity contribution in [3.05, 3.63) is 0 Å². The van der Waals surface area contributed by atoms with Crippen LogP contribution >= 0.6 is 0 Å². The average molecular weight is 118 g/mol. The normalized spacial score (nSPS) is 12.4. The molecule has 0 atom stereocenters. The third kappa shape index (κ3) is 6.18. The van der Waals surface area contributed by atoms with Gasteiger partial charge < -0.3 is 4.74 Å². The second-order valence-corrected chi connectivity index (χ2v) is 5.70. The molecule has 0 saturated carbocycles. The molecule has 0 aromatic rings. The topological polar surface area (TPSA) is 9.23 Å². The smallest absolute Gasteiger partial charge is 0.0480 e. The highest BCUT2D eigenvalue weighted by Crippen LogP contribution is 2.16. The predicted molar refractivity (Wildman–Crippen MR) is 35.9 cm³/mol. The number of methoxy groups -OCH3 is 1. The molecule has 0 aromatic heterocycles. The van der Waals surface area contributed by atoms with Crippen molar-refractivity contribution in [1.29, 1.82) is 0 Å². The maximum atomic E-state index is 4.94. The van der Waals surface area contributed by atoms with E-state index in [2.05, 4.69) is 13.8 Å². The Morgan fingerprint density at radius 2 is 2.00 bits per heavy atom. The van der Waals surface area contributed by atoms with Crippen LogP contribution in [-0.4, -0.2) is 24.0 Å². The van der Waals surface area contributed by atoms with Crippen LogP contribution in [0.5, 0.6) is 0 Å². The first-order valence-corrected chi connectivity index (χ1v) is 3.55. The van der Waals surface area contributed by atoms with Gasteiger partial charge in [0.2, 0.25) is 0 Å². The summed E-state index contributed by atoms with van der Waals surface area (Å²) < 4.78 is 4.94. The lowest BCUT2D eigenvalue weighted by Crippen LogP contribution is -2.09. The fourth-order valence-corrected chi connectivity index (χ4v) is 0.722.